The zero-order valence-corrected chi connectivity index (χ0v) is 9.63. The smallest absolute Gasteiger partial charge is 0.237 e. The monoisotopic (exact) mass is 198 g/mol. The molecule has 1 saturated carbocycles. The molecule has 3 atom stereocenters. The second-order valence-electron chi connectivity index (χ2n) is 4.77. The lowest BCUT2D eigenvalue weighted by atomic mass is 10.2. The van der Waals surface area contributed by atoms with Gasteiger partial charge in [0, 0.05) is 6.04 Å². The molecule has 2 N–H and O–H groups in total. The van der Waals surface area contributed by atoms with Gasteiger partial charge >= 0.3 is 0 Å². The van der Waals surface area contributed by atoms with Crippen LogP contribution in [0.2, 0.25) is 0 Å². The van der Waals surface area contributed by atoms with E-state index in [1.165, 1.54) is 6.42 Å². The van der Waals surface area contributed by atoms with Gasteiger partial charge in [0.25, 0.3) is 0 Å². The van der Waals surface area contributed by atoms with E-state index < -0.39 is 0 Å². The Labute approximate surface area is 86.6 Å². The Morgan fingerprint density at radius 1 is 1.43 bits per heavy atom. The van der Waals surface area contributed by atoms with E-state index in [1.54, 1.807) is 0 Å². The fourth-order valence-corrected chi connectivity index (χ4v) is 1.51. The fraction of sp³-hybridized carbons (Fsp3) is 0.909. The van der Waals surface area contributed by atoms with Gasteiger partial charge in [-0.25, -0.2) is 0 Å². The summed E-state index contributed by atoms with van der Waals surface area (Å²) in [5.41, 5.74) is 0. The Kier molecular flexibility index (Phi) is 3.93. The first-order valence-corrected chi connectivity index (χ1v) is 5.54. The Balaban J connectivity index is 2.13. The topological polar surface area (TPSA) is 41.1 Å². The van der Waals surface area contributed by atoms with Crippen LogP contribution in [0.1, 0.15) is 34.1 Å². The van der Waals surface area contributed by atoms with Crippen molar-refractivity contribution in [3.8, 4) is 0 Å². The van der Waals surface area contributed by atoms with E-state index >= 15 is 0 Å². The second kappa shape index (κ2) is 4.78. The third kappa shape index (κ3) is 3.66. The van der Waals surface area contributed by atoms with Crippen LogP contribution in [0.4, 0.5) is 0 Å². The largest absolute Gasteiger partial charge is 0.353 e. The fourth-order valence-electron chi connectivity index (χ4n) is 1.51. The SMILES string of the molecule is CC(C)NC(=O)C(C)NCC1CC1C. The summed E-state index contributed by atoms with van der Waals surface area (Å²) < 4.78 is 0. The van der Waals surface area contributed by atoms with Crippen LogP contribution in [0.5, 0.6) is 0 Å². The van der Waals surface area contributed by atoms with E-state index in [0.717, 1.165) is 18.4 Å². The Bertz CT molecular complexity index is 203. The molecule has 0 saturated heterocycles. The van der Waals surface area contributed by atoms with E-state index in [9.17, 15) is 4.79 Å². The Morgan fingerprint density at radius 3 is 2.43 bits per heavy atom. The number of amides is 1. The minimum absolute atomic E-state index is 0.0646. The molecule has 1 aliphatic rings. The van der Waals surface area contributed by atoms with Gasteiger partial charge in [-0.3, -0.25) is 4.79 Å². The second-order valence-corrected chi connectivity index (χ2v) is 4.77. The lowest BCUT2D eigenvalue weighted by molar-refractivity contribution is -0.123. The van der Waals surface area contributed by atoms with Crippen LogP contribution in [0.15, 0.2) is 0 Å². The summed E-state index contributed by atoms with van der Waals surface area (Å²) in [6.07, 6.45) is 1.31. The summed E-state index contributed by atoms with van der Waals surface area (Å²) in [6.45, 7) is 9.12. The molecule has 0 bridgehead atoms. The van der Waals surface area contributed by atoms with E-state index in [1.807, 2.05) is 20.8 Å². The zero-order chi connectivity index (χ0) is 10.7. The number of carbonyl (C=O) groups excluding carboxylic acids is 1. The van der Waals surface area contributed by atoms with Gasteiger partial charge in [0.2, 0.25) is 5.91 Å². The average molecular weight is 198 g/mol. The van der Waals surface area contributed by atoms with Gasteiger partial charge in [0.15, 0.2) is 0 Å². The van der Waals surface area contributed by atoms with Crippen LogP contribution < -0.4 is 10.6 Å². The van der Waals surface area contributed by atoms with E-state index in [4.69, 9.17) is 0 Å². The van der Waals surface area contributed by atoms with Crippen molar-refractivity contribution in [1.82, 2.24) is 10.6 Å². The molecule has 0 spiro atoms. The molecule has 0 aliphatic heterocycles. The number of hydrogen-bond donors (Lipinski definition) is 2. The lowest BCUT2D eigenvalue weighted by Crippen LogP contribution is -2.45. The summed E-state index contributed by atoms with van der Waals surface area (Å²) in [7, 11) is 0. The molecule has 0 radical (unpaired) electrons. The van der Waals surface area contributed by atoms with Crippen LogP contribution in [0.25, 0.3) is 0 Å². The van der Waals surface area contributed by atoms with Gasteiger partial charge in [0.05, 0.1) is 6.04 Å². The van der Waals surface area contributed by atoms with Crippen LogP contribution in [0, 0.1) is 11.8 Å². The van der Waals surface area contributed by atoms with Crippen LogP contribution in [0.3, 0.4) is 0 Å². The molecule has 1 amide bonds. The quantitative estimate of drug-likeness (QED) is 0.695. The minimum Gasteiger partial charge on any atom is -0.353 e. The van der Waals surface area contributed by atoms with Gasteiger partial charge in [-0.2, -0.15) is 0 Å². The summed E-state index contributed by atoms with van der Waals surface area (Å²) in [4.78, 5) is 11.5. The predicted octanol–water partition coefficient (Wildman–Crippen LogP) is 1.15. The van der Waals surface area contributed by atoms with Crippen molar-refractivity contribution in [2.75, 3.05) is 6.54 Å². The molecule has 1 aliphatic carbocycles. The third-order valence-corrected chi connectivity index (χ3v) is 2.79. The zero-order valence-electron chi connectivity index (χ0n) is 9.63. The molecule has 0 aromatic heterocycles. The van der Waals surface area contributed by atoms with Gasteiger partial charge in [-0.1, -0.05) is 6.92 Å². The highest BCUT2D eigenvalue weighted by Crippen LogP contribution is 2.36. The Hall–Kier alpha value is -0.570. The van der Waals surface area contributed by atoms with Crippen molar-refractivity contribution < 1.29 is 4.79 Å². The maximum absolute atomic E-state index is 11.5. The number of nitrogens with one attached hydrogen (secondary N) is 2. The van der Waals surface area contributed by atoms with Crippen molar-refractivity contribution in [1.29, 1.82) is 0 Å². The van der Waals surface area contributed by atoms with Gasteiger partial charge in [0.1, 0.15) is 0 Å². The summed E-state index contributed by atoms with van der Waals surface area (Å²) in [6, 6.07) is 0.164. The van der Waals surface area contributed by atoms with E-state index in [2.05, 4.69) is 17.6 Å². The first-order chi connectivity index (χ1) is 6.50. The molecular weight excluding hydrogens is 176 g/mol. The third-order valence-electron chi connectivity index (χ3n) is 2.79. The van der Waals surface area contributed by atoms with Crippen LogP contribution >= 0.6 is 0 Å². The van der Waals surface area contributed by atoms with E-state index in [0.29, 0.717) is 0 Å². The molecule has 82 valence electrons. The molecular formula is C11H22N2O. The molecule has 3 unspecified atom stereocenters. The molecule has 1 fully saturated rings. The van der Waals surface area contributed by atoms with Crippen molar-refractivity contribution >= 4 is 5.91 Å². The first kappa shape index (κ1) is 11.5. The Morgan fingerprint density at radius 2 is 2.00 bits per heavy atom. The van der Waals surface area contributed by atoms with Crippen LogP contribution in [-0.2, 0) is 4.79 Å². The highest BCUT2D eigenvalue weighted by atomic mass is 16.2. The predicted molar refractivity (Wildman–Crippen MR) is 58.0 cm³/mol. The van der Waals surface area contributed by atoms with Gasteiger partial charge in [-0.05, 0) is 45.6 Å². The minimum atomic E-state index is -0.0646. The maximum atomic E-state index is 11.5. The van der Waals surface area contributed by atoms with Crippen molar-refractivity contribution in [3.05, 3.63) is 0 Å². The first-order valence-electron chi connectivity index (χ1n) is 5.54. The molecule has 3 nitrogen and oxygen atoms in total. The molecule has 0 aromatic rings. The van der Waals surface area contributed by atoms with Gasteiger partial charge in [-0.15, -0.1) is 0 Å². The maximum Gasteiger partial charge on any atom is 0.237 e. The van der Waals surface area contributed by atoms with Gasteiger partial charge < -0.3 is 10.6 Å². The standard InChI is InChI=1S/C11H22N2O/c1-7(2)13-11(14)9(4)12-6-10-5-8(10)3/h7-10,12H,5-6H2,1-4H3,(H,13,14). The van der Waals surface area contributed by atoms with Crippen LogP contribution in [-0.4, -0.2) is 24.5 Å². The van der Waals surface area contributed by atoms with E-state index in [-0.39, 0.29) is 18.0 Å². The molecule has 0 aromatic carbocycles. The molecule has 14 heavy (non-hydrogen) atoms. The molecule has 1 rings (SSSR count). The summed E-state index contributed by atoms with van der Waals surface area (Å²) >= 11 is 0. The molecule has 3 heteroatoms. The highest BCUT2D eigenvalue weighted by Gasteiger charge is 2.32. The van der Waals surface area contributed by atoms with Crippen molar-refractivity contribution in [2.24, 2.45) is 11.8 Å². The van der Waals surface area contributed by atoms with Crippen molar-refractivity contribution in [3.63, 3.8) is 0 Å². The number of hydrogen-bond acceptors (Lipinski definition) is 2. The average Bonchev–Trinajstić information content (AvgIpc) is 2.76. The lowest BCUT2D eigenvalue weighted by Gasteiger charge is -2.15. The highest BCUT2D eigenvalue weighted by molar-refractivity contribution is 5.81. The summed E-state index contributed by atoms with van der Waals surface area (Å²) in [5.74, 6) is 1.75. The normalized spacial score (nSPS) is 27.5. The summed E-state index contributed by atoms with van der Waals surface area (Å²) in [5, 5.41) is 6.16. The number of rotatable bonds is 5. The van der Waals surface area contributed by atoms with Crippen molar-refractivity contribution in [2.45, 2.75) is 46.2 Å². The molecule has 0 heterocycles. The number of carbonyl (C=O) groups is 1.